The molecule has 1 unspecified atom stereocenters. The molecule has 0 radical (unpaired) electrons. The van der Waals surface area contributed by atoms with E-state index in [1.54, 1.807) is 12.1 Å². The Balaban J connectivity index is 1.27. The molecule has 2 aromatic rings. The monoisotopic (exact) mass is 378 g/mol. The highest BCUT2D eigenvalue weighted by molar-refractivity contribution is 5.95. The van der Waals surface area contributed by atoms with Crippen LogP contribution in [0, 0.1) is 17.2 Å². The molecular weight excluding hydrogens is 351 g/mol. The smallest absolute Gasteiger partial charge is 0.228 e. The summed E-state index contributed by atoms with van der Waals surface area (Å²) in [5.41, 5.74) is 3.31. The maximum Gasteiger partial charge on any atom is 0.228 e. The Kier molecular flexibility index (Phi) is 5.31. The van der Waals surface area contributed by atoms with E-state index in [1.807, 2.05) is 6.07 Å². The first kappa shape index (κ1) is 18.9. The lowest BCUT2D eigenvalue weighted by molar-refractivity contribution is -0.118. The number of piperidine rings is 1. The van der Waals surface area contributed by atoms with Crippen molar-refractivity contribution in [2.75, 3.05) is 25.0 Å². The van der Waals surface area contributed by atoms with Gasteiger partial charge in [-0.2, -0.15) is 0 Å². The lowest BCUT2D eigenvalue weighted by Gasteiger charge is -2.33. The third-order valence-corrected chi connectivity index (χ3v) is 6.14. The van der Waals surface area contributed by atoms with Crippen LogP contribution in [0.15, 0.2) is 60.2 Å². The van der Waals surface area contributed by atoms with Crippen LogP contribution in [0.4, 0.5) is 10.1 Å². The molecule has 4 heteroatoms. The molecule has 1 spiro atoms. The van der Waals surface area contributed by atoms with Gasteiger partial charge >= 0.3 is 0 Å². The van der Waals surface area contributed by atoms with Crippen molar-refractivity contribution in [3.63, 3.8) is 0 Å². The zero-order chi connectivity index (χ0) is 19.6. The van der Waals surface area contributed by atoms with Crippen LogP contribution >= 0.6 is 0 Å². The Bertz CT molecular complexity index is 869. The standard InChI is InChI=1S/C24H27FN2O/c1-18(14-19-6-3-2-4-7-19)17-27-12-10-24(11-13-27)16-22(24)23(28)26-21-9-5-8-20(25)15-21/h2-9,14-15,22H,10-13,16-17H2,1H3,(H,26,28)/b18-14+. The number of nitrogens with one attached hydrogen (secondary N) is 1. The number of hydrogen-bond donors (Lipinski definition) is 1. The maximum atomic E-state index is 13.3. The first-order valence-corrected chi connectivity index (χ1v) is 10.1. The molecule has 1 aliphatic carbocycles. The Morgan fingerprint density at radius 2 is 1.93 bits per heavy atom. The summed E-state index contributed by atoms with van der Waals surface area (Å²) in [5, 5.41) is 2.89. The van der Waals surface area contributed by atoms with E-state index in [2.05, 4.69) is 47.5 Å². The zero-order valence-electron chi connectivity index (χ0n) is 16.3. The first-order chi connectivity index (χ1) is 13.5. The Morgan fingerprint density at radius 1 is 1.18 bits per heavy atom. The summed E-state index contributed by atoms with van der Waals surface area (Å²) in [4.78, 5) is 15.1. The van der Waals surface area contributed by atoms with E-state index in [4.69, 9.17) is 0 Å². The summed E-state index contributed by atoms with van der Waals surface area (Å²) in [7, 11) is 0. The molecular formula is C24H27FN2O. The molecule has 28 heavy (non-hydrogen) atoms. The van der Waals surface area contributed by atoms with Crippen LogP contribution in [0.5, 0.6) is 0 Å². The second-order valence-electron chi connectivity index (χ2n) is 8.30. The number of carbonyl (C=O) groups is 1. The quantitative estimate of drug-likeness (QED) is 0.797. The van der Waals surface area contributed by atoms with Crippen molar-refractivity contribution in [2.45, 2.75) is 26.2 Å². The lowest BCUT2D eigenvalue weighted by atomic mass is 9.90. The molecule has 2 aliphatic rings. The van der Waals surface area contributed by atoms with E-state index < -0.39 is 0 Å². The third kappa shape index (κ3) is 4.33. The number of nitrogens with zero attached hydrogens (tertiary/aromatic N) is 1. The Labute approximate surface area is 166 Å². The van der Waals surface area contributed by atoms with Crippen molar-refractivity contribution < 1.29 is 9.18 Å². The van der Waals surface area contributed by atoms with Crippen LogP contribution in [-0.2, 0) is 4.79 Å². The Morgan fingerprint density at radius 3 is 2.64 bits per heavy atom. The van der Waals surface area contributed by atoms with Gasteiger partial charge in [-0.3, -0.25) is 9.69 Å². The van der Waals surface area contributed by atoms with Gasteiger partial charge in [-0.1, -0.05) is 48.0 Å². The molecule has 1 N–H and O–H groups in total. The molecule has 1 heterocycles. The van der Waals surface area contributed by atoms with Crippen molar-refractivity contribution in [2.24, 2.45) is 11.3 Å². The number of benzene rings is 2. The van der Waals surface area contributed by atoms with E-state index in [0.29, 0.717) is 5.69 Å². The number of halogens is 1. The lowest BCUT2D eigenvalue weighted by Crippen LogP contribution is -2.37. The number of hydrogen-bond acceptors (Lipinski definition) is 2. The molecule has 2 aromatic carbocycles. The highest BCUT2D eigenvalue weighted by Crippen LogP contribution is 2.59. The molecule has 1 aliphatic heterocycles. The summed E-state index contributed by atoms with van der Waals surface area (Å²) < 4.78 is 13.3. The highest BCUT2D eigenvalue weighted by atomic mass is 19.1. The second kappa shape index (κ2) is 7.88. The third-order valence-electron chi connectivity index (χ3n) is 6.14. The largest absolute Gasteiger partial charge is 0.326 e. The molecule has 1 saturated carbocycles. The van der Waals surface area contributed by atoms with Crippen LogP contribution < -0.4 is 5.32 Å². The highest BCUT2D eigenvalue weighted by Gasteiger charge is 2.58. The fourth-order valence-electron chi connectivity index (χ4n) is 4.46. The first-order valence-electron chi connectivity index (χ1n) is 10.1. The minimum absolute atomic E-state index is 0.0409. The maximum absolute atomic E-state index is 13.3. The number of likely N-dealkylation sites (tertiary alicyclic amines) is 1. The van der Waals surface area contributed by atoms with Gasteiger partial charge in [0.2, 0.25) is 5.91 Å². The summed E-state index contributed by atoms with van der Waals surface area (Å²) in [6.07, 6.45) is 5.33. The average Bonchev–Trinajstić information content (AvgIpc) is 3.38. The van der Waals surface area contributed by atoms with Crippen molar-refractivity contribution >= 4 is 17.7 Å². The number of rotatable bonds is 5. The number of anilines is 1. The average molecular weight is 378 g/mol. The van der Waals surface area contributed by atoms with Crippen LogP contribution in [0.1, 0.15) is 31.7 Å². The van der Waals surface area contributed by atoms with E-state index in [0.717, 1.165) is 38.9 Å². The topological polar surface area (TPSA) is 32.3 Å². The SMILES string of the molecule is C/C(=C\c1ccccc1)CN1CCC2(CC1)CC2C(=O)Nc1cccc(F)c1. The van der Waals surface area contributed by atoms with Gasteiger partial charge in [0, 0.05) is 18.2 Å². The predicted octanol–water partition coefficient (Wildman–Crippen LogP) is 4.97. The molecule has 0 aromatic heterocycles. The molecule has 2 fully saturated rings. The molecule has 4 rings (SSSR count). The van der Waals surface area contributed by atoms with E-state index >= 15 is 0 Å². The molecule has 1 saturated heterocycles. The normalized spacial score (nSPS) is 21.5. The van der Waals surface area contributed by atoms with E-state index in [1.165, 1.54) is 23.3 Å². The van der Waals surface area contributed by atoms with Crippen molar-refractivity contribution in [3.8, 4) is 0 Å². The molecule has 1 atom stereocenters. The van der Waals surface area contributed by atoms with Gasteiger partial charge in [0.15, 0.2) is 0 Å². The van der Waals surface area contributed by atoms with Crippen molar-refractivity contribution in [1.82, 2.24) is 4.90 Å². The summed E-state index contributed by atoms with van der Waals surface area (Å²) in [5.74, 6) is -0.214. The minimum atomic E-state index is -0.324. The summed E-state index contributed by atoms with van der Waals surface area (Å²) >= 11 is 0. The van der Waals surface area contributed by atoms with Gasteiger partial charge in [-0.25, -0.2) is 4.39 Å². The van der Waals surface area contributed by atoms with Gasteiger partial charge in [-0.15, -0.1) is 0 Å². The van der Waals surface area contributed by atoms with Crippen LogP contribution in [-0.4, -0.2) is 30.4 Å². The number of amides is 1. The minimum Gasteiger partial charge on any atom is -0.326 e. The summed E-state index contributed by atoms with van der Waals surface area (Å²) in [6.45, 7) is 5.22. The van der Waals surface area contributed by atoms with Gasteiger partial charge < -0.3 is 5.32 Å². The fourth-order valence-corrected chi connectivity index (χ4v) is 4.46. The van der Waals surface area contributed by atoms with Gasteiger partial charge in [0.25, 0.3) is 0 Å². The molecule has 146 valence electrons. The second-order valence-corrected chi connectivity index (χ2v) is 8.30. The van der Waals surface area contributed by atoms with Crippen LogP contribution in [0.25, 0.3) is 6.08 Å². The fraction of sp³-hybridized carbons (Fsp3) is 0.375. The van der Waals surface area contributed by atoms with Gasteiger partial charge in [0.1, 0.15) is 5.82 Å². The molecule has 0 bridgehead atoms. The summed E-state index contributed by atoms with van der Waals surface area (Å²) in [6, 6.07) is 16.5. The molecule has 3 nitrogen and oxygen atoms in total. The van der Waals surface area contributed by atoms with Gasteiger partial charge in [0.05, 0.1) is 0 Å². The zero-order valence-corrected chi connectivity index (χ0v) is 16.3. The number of carbonyl (C=O) groups excluding carboxylic acids is 1. The van der Waals surface area contributed by atoms with Crippen LogP contribution in [0.2, 0.25) is 0 Å². The van der Waals surface area contributed by atoms with Crippen LogP contribution in [0.3, 0.4) is 0 Å². The molecule has 1 amide bonds. The van der Waals surface area contributed by atoms with Gasteiger partial charge in [-0.05, 0) is 68.5 Å². The van der Waals surface area contributed by atoms with E-state index in [9.17, 15) is 9.18 Å². The van der Waals surface area contributed by atoms with E-state index in [-0.39, 0.29) is 23.1 Å². The van der Waals surface area contributed by atoms with Crippen molar-refractivity contribution in [3.05, 3.63) is 71.6 Å². The Hall–Kier alpha value is -2.46. The van der Waals surface area contributed by atoms with Crippen molar-refractivity contribution in [1.29, 1.82) is 0 Å². The predicted molar refractivity (Wildman–Crippen MR) is 111 cm³/mol.